The molecule has 0 aliphatic carbocycles. The van der Waals surface area contributed by atoms with E-state index in [0.29, 0.717) is 42.8 Å². The van der Waals surface area contributed by atoms with E-state index < -0.39 is 6.16 Å². The van der Waals surface area contributed by atoms with Gasteiger partial charge in [-0.05, 0) is 67.3 Å². The van der Waals surface area contributed by atoms with Crippen molar-refractivity contribution in [3.05, 3.63) is 90.0 Å². The van der Waals surface area contributed by atoms with Crippen molar-refractivity contribution in [2.45, 2.75) is 25.8 Å². The Bertz CT molecular complexity index is 1150. The van der Waals surface area contributed by atoms with Crippen LogP contribution in [0.3, 0.4) is 0 Å². The number of nitrogens with zero attached hydrogens (tertiary/aromatic N) is 1. The summed E-state index contributed by atoms with van der Waals surface area (Å²) in [5.74, 6) is 0.124. The van der Waals surface area contributed by atoms with E-state index in [1.165, 1.54) is 0 Å². The van der Waals surface area contributed by atoms with Crippen LogP contribution in [0.4, 0.5) is 4.79 Å². The summed E-state index contributed by atoms with van der Waals surface area (Å²) in [5.41, 5.74) is 3.31. The summed E-state index contributed by atoms with van der Waals surface area (Å²) < 4.78 is 9.77. The highest BCUT2D eigenvalue weighted by molar-refractivity contribution is 5.95. The van der Waals surface area contributed by atoms with Crippen molar-refractivity contribution < 1.29 is 23.9 Å². The van der Waals surface area contributed by atoms with Crippen molar-refractivity contribution in [2.75, 3.05) is 19.7 Å². The molecule has 3 aromatic carbocycles. The molecule has 1 fully saturated rings. The predicted octanol–water partition coefficient (Wildman–Crippen LogP) is 4.92. The van der Waals surface area contributed by atoms with E-state index in [0.717, 1.165) is 11.1 Å². The van der Waals surface area contributed by atoms with Crippen LogP contribution in [0.15, 0.2) is 78.9 Å². The topological polar surface area (TPSA) is 84.9 Å². The van der Waals surface area contributed by atoms with E-state index >= 15 is 0 Å². The van der Waals surface area contributed by atoms with Crippen molar-refractivity contribution >= 4 is 18.0 Å². The minimum Gasteiger partial charge on any atom is -0.434 e. The Labute approximate surface area is 204 Å². The van der Waals surface area contributed by atoms with Gasteiger partial charge in [-0.25, -0.2) is 4.79 Å². The van der Waals surface area contributed by atoms with Gasteiger partial charge in [-0.15, -0.1) is 0 Å². The first-order valence-electron chi connectivity index (χ1n) is 11.7. The minimum atomic E-state index is -0.775. The third kappa shape index (κ3) is 6.26. The molecule has 4 rings (SSSR count). The van der Waals surface area contributed by atoms with E-state index in [9.17, 15) is 14.4 Å². The van der Waals surface area contributed by atoms with E-state index in [-0.39, 0.29) is 24.5 Å². The van der Waals surface area contributed by atoms with Crippen LogP contribution in [0.1, 0.15) is 40.5 Å². The zero-order chi connectivity index (χ0) is 24.6. The van der Waals surface area contributed by atoms with Crippen molar-refractivity contribution in [2.24, 2.45) is 0 Å². The third-order valence-corrected chi connectivity index (χ3v) is 5.94. The molecule has 180 valence electrons. The maximum atomic E-state index is 12.8. The highest BCUT2D eigenvalue weighted by Gasteiger charge is 2.25. The molecule has 7 heteroatoms. The zero-order valence-electron chi connectivity index (χ0n) is 19.6. The average Bonchev–Trinajstić information content (AvgIpc) is 2.90. The fourth-order valence-electron chi connectivity index (χ4n) is 4.03. The molecular formula is C28H28N2O5. The van der Waals surface area contributed by atoms with Gasteiger partial charge in [0.05, 0.1) is 6.61 Å². The molecule has 0 atom stereocenters. The molecule has 1 N–H and O–H groups in total. The van der Waals surface area contributed by atoms with Gasteiger partial charge in [-0.3, -0.25) is 9.59 Å². The van der Waals surface area contributed by atoms with E-state index in [4.69, 9.17) is 9.47 Å². The Hall–Kier alpha value is -4.13. The number of piperidine rings is 1. The summed E-state index contributed by atoms with van der Waals surface area (Å²) in [6.45, 7) is 3.03. The zero-order valence-corrected chi connectivity index (χ0v) is 19.6. The third-order valence-electron chi connectivity index (χ3n) is 5.94. The summed E-state index contributed by atoms with van der Waals surface area (Å²) in [4.78, 5) is 38.7. The van der Waals surface area contributed by atoms with Gasteiger partial charge in [0.2, 0.25) is 0 Å². The molecular weight excluding hydrogens is 444 g/mol. The smallest absolute Gasteiger partial charge is 0.434 e. The monoisotopic (exact) mass is 472 g/mol. The predicted molar refractivity (Wildman–Crippen MR) is 132 cm³/mol. The van der Waals surface area contributed by atoms with Gasteiger partial charge in [0.25, 0.3) is 11.8 Å². The minimum absolute atomic E-state index is 0.0145. The number of amides is 2. The lowest BCUT2D eigenvalue weighted by Crippen LogP contribution is -2.46. The van der Waals surface area contributed by atoms with Crippen LogP contribution in [0.2, 0.25) is 0 Å². The Balaban J connectivity index is 1.26. The number of nitrogens with one attached hydrogen (secondary N) is 1. The second kappa shape index (κ2) is 11.3. The van der Waals surface area contributed by atoms with E-state index in [1.54, 1.807) is 36.1 Å². The first-order chi connectivity index (χ1) is 17.0. The van der Waals surface area contributed by atoms with Gasteiger partial charge in [-0.1, -0.05) is 42.5 Å². The van der Waals surface area contributed by atoms with Crippen LogP contribution >= 0.6 is 0 Å². The Morgan fingerprint density at radius 1 is 0.829 bits per heavy atom. The number of ether oxygens (including phenoxy) is 2. The molecule has 0 unspecified atom stereocenters. The van der Waals surface area contributed by atoms with Crippen LogP contribution < -0.4 is 10.1 Å². The van der Waals surface area contributed by atoms with Crippen molar-refractivity contribution in [3.63, 3.8) is 0 Å². The average molecular weight is 473 g/mol. The lowest BCUT2D eigenvalue weighted by atomic mass is 10.0. The maximum Gasteiger partial charge on any atom is 0.513 e. The lowest BCUT2D eigenvalue weighted by molar-refractivity contribution is 0.0698. The summed E-state index contributed by atoms with van der Waals surface area (Å²) in [6.07, 6.45) is 0.593. The van der Waals surface area contributed by atoms with Gasteiger partial charge in [0, 0.05) is 30.3 Å². The first kappa shape index (κ1) is 24.0. The first-order valence-corrected chi connectivity index (χ1v) is 11.7. The Morgan fingerprint density at radius 2 is 1.43 bits per heavy atom. The molecule has 1 aliphatic heterocycles. The number of carbonyl (C=O) groups is 3. The highest BCUT2D eigenvalue weighted by Crippen LogP contribution is 2.20. The number of carbonyl (C=O) groups excluding carboxylic acids is 3. The van der Waals surface area contributed by atoms with Crippen LogP contribution in [-0.4, -0.2) is 48.6 Å². The van der Waals surface area contributed by atoms with Crippen LogP contribution in [-0.2, 0) is 4.74 Å². The number of hydrogen-bond acceptors (Lipinski definition) is 5. The Morgan fingerprint density at radius 3 is 2.06 bits per heavy atom. The highest BCUT2D eigenvalue weighted by atomic mass is 16.7. The van der Waals surface area contributed by atoms with E-state index in [2.05, 4.69) is 5.32 Å². The van der Waals surface area contributed by atoms with Crippen molar-refractivity contribution in [3.8, 4) is 16.9 Å². The second-order valence-corrected chi connectivity index (χ2v) is 8.29. The molecule has 0 bridgehead atoms. The van der Waals surface area contributed by atoms with Gasteiger partial charge in [0.1, 0.15) is 5.75 Å². The molecule has 0 spiro atoms. The van der Waals surface area contributed by atoms with Crippen molar-refractivity contribution in [1.29, 1.82) is 0 Å². The van der Waals surface area contributed by atoms with Crippen LogP contribution in [0, 0.1) is 0 Å². The Kier molecular flexibility index (Phi) is 7.77. The molecule has 35 heavy (non-hydrogen) atoms. The molecule has 0 saturated carbocycles. The van der Waals surface area contributed by atoms with Crippen LogP contribution in [0.25, 0.3) is 11.1 Å². The normalized spacial score (nSPS) is 13.7. The van der Waals surface area contributed by atoms with Crippen LogP contribution in [0.5, 0.6) is 5.75 Å². The van der Waals surface area contributed by atoms with E-state index in [1.807, 2.05) is 54.6 Å². The molecule has 3 aromatic rings. The standard InChI is InChI=1S/C28H28N2O5/c1-2-34-28(33)35-25-14-12-23(13-15-25)27(32)30-18-16-24(17-19-30)29-26(31)22-10-8-21(9-11-22)20-6-4-3-5-7-20/h3-15,24H,2,16-19H2,1H3,(H,29,31). The lowest BCUT2D eigenvalue weighted by Gasteiger charge is -2.32. The van der Waals surface area contributed by atoms with Crippen molar-refractivity contribution in [1.82, 2.24) is 10.2 Å². The van der Waals surface area contributed by atoms with Gasteiger partial charge < -0.3 is 19.7 Å². The fraction of sp³-hybridized carbons (Fsp3) is 0.250. The van der Waals surface area contributed by atoms with Gasteiger partial charge in [-0.2, -0.15) is 0 Å². The van der Waals surface area contributed by atoms with Gasteiger partial charge >= 0.3 is 6.16 Å². The SMILES string of the molecule is CCOC(=O)Oc1ccc(C(=O)N2CCC(NC(=O)c3ccc(-c4ccccc4)cc3)CC2)cc1. The number of likely N-dealkylation sites (tertiary alicyclic amines) is 1. The molecule has 1 heterocycles. The summed E-state index contributed by atoms with van der Waals surface area (Å²) >= 11 is 0. The summed E-state index contributed by atoms with van der Waals surface area (Å²) in [6, 6.07) is 24.0. The number of benzene rings is 3. The second-order valence-electron chi connectivity index (χ2n) is 8.29. The molecule has 1 saturated heterocycles. The number of rotatable bonds is 6. The molecule has 1 aliphatic rings. The molecule has 7 nitrogen and oxygen atoms in total. The molecule has 0 aromatic heterocycles. The quantitative estimate of drug-likeness (QED) is 0.406. The summed E-state index contributed by atoms with van der Waals surface area (Å²) in [5, 5.41) is 3.09. The summed E-state index contributed by atoms with van der Waals surface area (Å²) in [7, 11) is 0. The van der Waals surface area contributed by atoms with Gasteiger partial charge in [0.15, 0.2) is 0 Å². The fourth-order valence-corrected chi connectivity index (χ4v) is 4.03. The maximum absolute atomic E-state index is 12.8. The largest absolute Gasteiger partial charge is 0.513 e. The molecule has 0 radical (unpaired) electrons. The number of hydrogen-bond donors (Lipinski definition) is 1. The molecule has 2 amide bonds.